The summed E-state index contributed by atoms with van der Waals surface area (Å²) in [4.78, 5) is 19.2. The van der Waals surface area contributed by atoms with Crippen LogP contribution in [-0.2, 0) is 0 Å². The van der Waals surface area contributed by atoms with Crippen LogP contribution >= 0.6 is 0 Å². The molecule has 0 saturated carbocycles. The third kappa shape index (κ3) is 1.59. The van der Waals surface area contributed by atoms with Gasteiger partial charge in [0.1, 0.15) is 11.4 Å². The maximum atomic E-state index is 9.60. The second-order valence-electron chi connectivity index (χ2n) is 1.35. The minimum atomic E-state index is 0.139. The van der Waals surface area contributed by atoms with E-state index in [9.17, 15) is 9.81 Å². The molecule has 0 aliphatic rings. The van der Waals surface area contributed by atoms with E-state index < -0.39 is 0 Å². The van der Waals surface area contributed by atoms with Gasteiger partial charge in [0.2, 0.25) is 0 Å². The van der Waals surface area contributed by atoms with E-state index in [1.807, 2.05) is 0 Å². The average molecular weight is 114 g/mol. The summed E-state index contributed by atoms with van der Waals surface area (Å²) in [6, 6.07) is 0. The predicted octanol–water partition coefficient (Wildman–Crippen LogP) is 1.77. The smallest absolute Gasteiger partial charge is 0.106 e. The van der Waals surface area contributed by atoms with E-state index in [0.717, 1.165) is 0 Å². The van der Waals surface area contributed by atoms with Crippen molar-refractivity contribution in [2.75, 3.05) is 0 Å². The van der Waals surface area contributed by atoms with Gasteiger partial charge >= 0.3 is 0 Å². The molecule has 0 amide bonds. The Morgan fingerprint density at radius 3 is 1.38 bits per heavy atom. The van der Waals surface area contributed by atoms with Gasteiger partial charge in [0.05, 0.1) is 0 Å². The molecule has 0 rings (SSSR count). The Balaban J connectivity index is 4.25. The lowest BCUT2D eigenvalue weighted by Crippen LogP contribution is -1.71. The number of nitrogens with zero attached hydrogens (tertiary/aromatic N) is 2. The zero-order chi connectivity index (χ0) is 6.57. The van der Waals surface area contributed by atoms with Crippen molar-refractivity contribution in [3.63, 3.8) is 0 Å². The van der Waals surface area contributed by atoms with Crippen LogP contribution in [0.4, 0.5) is 0 Å². The van der Waals surface area contributed by atoms with Crippen LogP contribution in [0.1, 0.15) is 13.8 Å². The van der Waals surface area contributed by atoms with Gasteiger partial charge in [0.15, 0.2) is 0 Å². The molecule has 0 bridgehead atoms. The molecule has 4 nitrogen and oxygen atoms in total. The van der Waals surface area contributed by atoms with Crippen LogP contribution in [0.25, 0.3) is 0 Å². The van der Waals surface area contributed by atoms with Gasteiger partial charge in [-0.25, -0.2) is 0 Å². The molecular weight excluding hydrogens is 108 g/mol. The van der Waals surface area contributed by atoms with Gasteiger partial charge < -0.3 is 0 Å². The van der Waals surface area contributed by atoms with Crippen LogP contribution < -0.4 is 0 Å². The number of allylic oxidation sites excluding steroid dienone is 2. The second kappa shape index (κ2) is 3.01. The van der Waals surface area contributed by atoms with E-state index in [2.05, 4.69) is 10.4 Å². The van der Waals surface area contributed by atoms with Crippen molar-refractivity contribution in [3.8, 4) is 0 Å². The fourth-order valence-electron chi connectivity index (χ4n) is 0.132. The summed E-state index contributed by atoms with van der Waals surface area (Å²) in [6.07, 6.45) is 0. The highest BCUT2D eigenvalue weighted by Gasteiger charge is 1.92. The summed E-state index contributed by atoms with van der Waals surface area (Å²) in [6.45, 7) is 2.87. The lowest BCUT2D eigenvalue weighted by molar-refractivity contribution is 1.14. The van der Waals surface area contributed by atoms with Crippen LogP contribution in [0, 0.1) is 9.81 Å². The lowest BCUT2D eigenvalue weighted by atomic mass is 10.4. The Kier molecular flexibility index (Phi) is 2.61. The summed E-state index contributed by atoms with van der Waals surface area (Å²) in [5.74, 6) is 0. The molecule has 0 aliphatic heterocycles. The minimum absolute atomic E-state index is 0.139. The molecule has 0 saturated heterocycles. The van der Waals surface area contributed by atoms with E-state index in [1.165, 1.54) is 13.8 Å². The predicted molar refractivity (Wildman–Crippen MR) is 30.0 cm³/mol. The topological polar surface area (TPSA) is 58.9 Å². The molecule has 8 heavy (non-hydrogen) atoms. The molecule has 0 fully saturated rings. The third-order valence-corrected chi connectivity index (χ3v) is 0.797. The van der Waals surface area contributed by atoms with Crippen LogP contribution in [0.5, 0.6) is 0 Å². The molecular formula is C4H6N2O2. The van der Waals surface area contributed by atoms with Crippen LogP contribution in [0.3, 0.4) is 0 Å². The second-order valence-corrected chi connectivity index (χ2v) is 1.35. The maximum Gasteiger partial charge on any atom is 0.106 e. The van der Waals surface area contributed by atoms with E-state index in [1.54, 1.807) is 0 Å². The molecule has 0 aromatic heterocycles. The van der Waals surface area contributed by atoms with Crippen LogP contribution in [0.2, 0.25) is 0 Å². The lowest BCUT2D eigenvalue weighted by Gasteiger charge is -1.82. The molecule has 0 unspecified atom stereocenters. The molecule has 0 spiro atoms. The van der Waals surface area contributed by atoms with Gasteiger partial charge in [0, 0.05) is 0 Å². The monoisotopic (exact) mass is 114 g/mol. The van der Waals surface area contributed by atoms with Crippen molar-refractivity contribution in [1.82, 2.24) is 0 Å². The molecule has 0 N–H and O–H groups in total. The minimum Gasteiger partial charge on any atom is -0.145 e. The molecule has 0 heterocycles. The van der Waals surface area contributed by atoms with E-state index in [4.69, 9.17) is 0 Å². The van der Waals surface area contributed by atoms with Crippen molar-refractivity contribution in [1.29, 1.82) is 0 Å². The Labute approximate surface area is 46.5 Å². The van der Waals surface area contributed by atoms with Crippen molar-refractivity contribution in [2.24, 2.45) is 10.4 Å². The van der Waals surface area contributed by atoms with Gasteiger partial charge in [-0.1, -0.05) is 0 Å². The number of rotatable bonds is 2. The first kappa shape index (κ1) is 6.94. The van der Waals surface area contributed by atoms with E-state index in [0.29, 0.717) is 0 Å². The first-order valence-corrected chi connectivity index (χ1v) is 2.06. The summed E-state index contributed by atoms with van der Waals surface area (Å²) < 4.78 is 0. The fourth-order valence-corrected chi connectivity index (χ4v) is 0.132. The van der Waals surface area contributed by atoms with Gasteiger partial charge in [0.25, 0.3) is 0 Å². The molecule has 0 atom stereocenters. The highest BCUT2D eigenvalue weighted by atomic mass is 16.3. The molecule has 0 radical (unpaired) electrons. The quantitative estimate of drug-likeness (QED) is 0.513. The SMILES string of the molecule is CC(N=O)=C(C)N=O. The Morgan fingerprint density at radius 2 is 1.25 bits per heavy atom. The summed E-state index contributed by atoms with van der Waals surface area (Å²) >= 11 is 0. The number of nitroso groups, excluding NO2 is 2. The third-order valence-electron chi connectivity index (χ3n) is 0.797. The zero-order valence-corrected chi connectivity index (χ0v) is 4.71. The van der Waals surface area contributed by atoms with Crippen molar-refractivity contribution in [2.45, 2.75) is 13.8 Å². The van der Waals surface area contributed by atoms with E-state index in [-0.39, 0.29) is 11.4 Å². The number of hydrogen-bond acceptors (Lipinski definition) is 4. The first-order valence-electron chi connectivity index (χ1n) is 2.06. The van der Waals surface area contributed by atoms with E-state index >= 15 is 0 Å². The highest BCUT2D eigenvalue weighted by molar-refractivity contribution is 5.05. The van der Waals surface area contributed by atoms with Crippen molar-refractivity contribution >= 4 is 0 Å². The average Bonchev–Trinajstić information content (AvgIpc) is 1.84. The van der Waals surface area contributed by atoms with Gasteiger partial charge in [-0.3, -0.25) is 0 Å². The van der Waals surface area contributed by atoms with Crippen LogP contribution in [-0.4, -0.2) is 0 Å². The van der Waals surface area contributed by atoms with Crippen molar-refractivity contribution < 1.29 is 0 Å². The summed E-state index contributed by atoms with van der Waals surface area (Å²) in [5, 5.41) is 4.99. The molecule has 4 heteroatoms. The standard InChI is InChI=1S/C4H6N2O2/c1-3(5-7)4(2)6-8/h1-2H3. The van der Waals surface area contributed by atoms with Gasteiger partial charge in [-0.05, 0) is 24.2 Å². The first-order chi connectivity index (χ1) is 3.72. The van der Waals surface area contributed by atoms with Crippen LogP contribution in [0.15, 0.2) is 21.7 Å². The Morgan fingerprint density at radius 1 is 1.00 bits per heavy atom. The summed E-state index contributed by atoms with van der Waals surface area (Å²) in [5.41, 5.74) is 0.278. The Hall–Kier alpha value is -1.06. The highest BCUT2D eigenvalue weighted by Crippen LogP contribution is 2.03. The van der Waals surface area contributed by atoms with Gasteiger partial charge in [-0.15, -0.1) is 9.81 Å². The Bertz CT molecular complexity index is 123. The molecule has 0 aromatic rings. The number of hydrogen-bond donors (Lipinski definition) is 0. The largest absolute Gasteiger partial charge is 0.145 e. The normalized spacial score (nSPS) is 12.2. The fraction of sp³-hybridized carbons (Fsp3) is 0.500. The maximum absolute atomic E-state index is 9.60. The van der Waals surface area contributed by atoms with Gasteiger partial charge in [-0.2, -0.15) is 0 Å². The summed E-state index contributed by atoms with van der Waals surface area (Å²) in [7, 11) is 0. The molecule has 44 valence electrons. The molecule has 0 aliphatic carbocycles. The zero-order valence-electron chi connectivity index (χ0n) is 4.71. The van der Waals surface area contributed by atoms with Crippen molar-refractivity contribution in [3.05, 3.63) is 21.2 Å². The molecule has 0 aromatic carbocycles.